The second-order valence-corrected chi connectivity index (χ2v) is 4.72. The van der Waals surface area contributed by atoms with Gasteiger partial charge in [-0.25, -0.2) is 0 Å². The summed E-state index contributed by atoms with van der Waals surface area (Å²) in [6, 6.07) is 0. The fraction of sp³-hybridized carbons (Fsp3) is 0.818. The molecule has 0 aromatic carbocycles. The van der Waals surface area contributed by atoms with Crippen molar-refractivity contribution < 1.29 is 0 Å². The normalized spacial score (nSPS) is 14.1. The van der Waals surface area contributed by atoms with Crippen LogP contribution in [0.1, 0.15) is 34.6 Å². The smallest absolute Gasteiger partial charge is 0.0166 e. The van der Waals surface area contributed by atoms with Crippen LogP contribution in [0.3, 0.4) is 0 Å². The Balaban J connectivity index is 4.44. The largest absolute Gasteiger partial charge is 0.316 e. The van der Waals surface area contributed by atoms with E-state index < -0.39 is 0 Å². The number of hydrogen-bond donors (Lipinski definition) is 1. The Labute approximate surface area is 77.2 Å². The number of allylic oxidation sites excluding steroid dienone is 1. The molecule has 1 nitrogen and oxygen atoms in total. The standard InChI is InChI=1S/C11H23N/c1-9(2)7-10(8-12-6)11(3,4)5/h7,9,12H,8H2,1-6H3/b10-7+. The van der Waals surface area contributed by atoms with Crippen molar-refractivity contribution in [3.05, 3.63) is 11.6 Å². The Morgan fingerprint density at radius 2 is 1.83 bits per heavy atom. The lowest BCUT2D eigenvalue weighted by Crippen LogP contribution is -2.21. The minimum Gasteiger partial charge on any atom is -0.316 e. The zero-order valence-electron chi connectivity index (χ0n) is 9.36. The van der Waals surface area contributed by atoms with Crippen molar-refractivity contribution in [2.45, 2.75) is 34.6 Å². The van der Waals surface area contributed by atoms with E-state index in [-0.39, 0.29) is 0 Å². The average molecular weight is 169 g/mol. The van der Waals surface area contributed by atoms with Crippen molar-refractivity contribution >= 4 is 0 Å². The summed E-state index contributed by atoms with van der Waals surface area (Å²) in [6.07, 6.45) is 2.36. The highest BCUT2D eigenvalue weighted by Gasteiger charge is 2.15. The number of rotatable bonds is 3. The molecule has 0 heterocycles. The first-order valence-corrected chi connectivity index (χ1v) is 4.73. The Bertz CT molecular complexity index is 149. The second kappa shape index (κ2) is 4.66. The van der Waals surface area contributed by atoms with Gasteiger partial charge in [-0.3, -0.25) is 0 Å². The molecular formula is C11H23N. The van der Waals surface area contributed by atoms with Gasteiger partial charge < -0.3 is 5.32 Å². The molecule has 0 bridgehead atoms. The highest BCUT2D eigenvalue weighted by molar-refractivity contribution is 5.13. The van der Waals surface area contributed by atoms with Crippen LogP contribution >= 0.6 is 0 Å². The molecule has 0 amide bonds. The molecule has 12 heavy (non-hydrogen) atoms. The van der Waals surface area contributed by atoms with Gasteiger partial charge in [0.25, 0.3) is 0 Å². The van der Waals surface area contributed by atoms with Crippen molar-refractivity contribution in [2.24, 2.45) is 11.3 Å². The maximum atomic E-state index is 3.21. The summed E-state index contributed by atoms with van der Waals surface area (Å²) in [6.45, 7) is 12.2. The highest BCUT2D eigenvalue weighted by atomic mass is 14.8. The molecular weight excluding hydrogens is 146 g/mol. The fourth-order valence-corrected chi connectivity index (χ4v) is 1.17. The van der Waals surface area contributed by atoms with Crippen LogP contribution in [0.5, 0.6) is 0 Å². The number of nitrogens with one attached hydrogen (secondary N) is 1. The van der Waals surface area contributed by atoms with Crippen LogP contribution in [-0.4, -0.2) is 13.6 Å². The van der Waals surface area contributed by atoms with Crippen LogP contribution in [-0.2, 0) is 0 Å². The van der Waals surface area contributed by atoms with Crippen molar-refractivity contribution in [2.75, 3.05) is 13.6 Å². The predicted molar refractivity (Wildman–Crippen MR) is 56.3 cm³/mol. The maximum absolute atomic E-state index is 3.21. The second-order valence-electron chi connectivity index (χ2n) is 4.72. The number of likely N-dealkylation sites (N-methyl/N-ethyl adjacent to an activating group) is 1. The molecule has 0 aliphatic carbocycles. The van der Waals surface area contributed by atoms with E-state index in [4.69, 9.17) is 0 Å². The highest BCUT2D eigenvalue weighted by Crippen LogP contribution is 2.25. The van der Waals surface area contributed by atoms with E-state index in [1.807, 2.05) is 7.05 Å². The van der Waals surface area contributed by atoms with Gasteiger partial charge >= 0.3 is 0 Å². The van der Waals surface area contributed by atoms with E-state index in [9.17, 15) is 0 Å². The predicted octanol–water partition coefficient (Wildman–Crippen LogP) is 2.83. The van der Waals surface area contributed by atoms with Gasteiger partial charge in [0.05, 0.1) is 0 Å². The first-order chi connectivity index (χ1) is 5.38. The summed E-state index contributed by atoms with van der Waals surface area (Å²) in [7, 11) is 2.00. The molecule has 0 fully saturated rings. The quantitative estimate of drug-likeness (QED) is 0.641. The summed E-state index contributed by atoms with van der Waals surface area (Å²) < 4.78 is 0. The molecule has 0 aromatic heterocycles. The topological polar surface area (TPSA) is 12.0 Å². The lowest BCUT2D eigenvalue weighted by molar-refractivity contribution is 0.479. The molecule has 0 saturated heterocycles. The summed E-state index contributed by atoms with van der Waals surface area (Å²) in [5.41, 5.74) is 1.80. The third-order valence-electron chi connectivity index (χ3n) is 1.87. The van der Waals surface area contributed by atoms with Gasteiger partial charge in [0, 0.05) is 6.54 Å². The van der Waals surface area contributed by atoms with Crippen LogP contribution < -0.4 is 5.32 Å². The molecule has 0 aromatic rings. The van der Waals surface area contributed by atoms with Crippen molar-refractivity contribution in [3.8, 4) is 0 Å². The van der Waals surface area contributed by atoms with Gasteiger partial charge in [-0.1, -0.05) is 46.3 Å². The van der Waals surface area contributed by atoms with E-state index in [2.05, 4.69) is 46.0 Å². The molecule has 0 aliphatic heterocycles. The SMILES string of the molecule is CNC/C(=C\C(C)C)C(C)(C)C. The van der Waals surface area contributed by atoms with Gasteiger partial charge in [-0.2, -0.15) is 0 Å². The molecule has 1 heteroatoms. The van der Waals surface area contributed by atoms with Crippen molar-refractivity contribution in [1.82, 2.24) is 5.32 Å². The minimum absolute atomic E-state index is 0.299. The Morgan fingerprint density at radius 1 is 1.33 bits per heavy atom. The van der Waals surface area contributed by atoms with Gasteiger partial charge in [0.1, 0.15) is 0 Å². The van der Waals surface area contributed by atoms with E-state index in [0.29, 0.717) is 11.3 Å². The summed E-state index contributed by atoms with van der Waals surface area (Å²) >= 11 is 0. The molecule has 0 radical (unpaired) electrons. The monoisotopic (exact) mass is 169 g/mol. The van der Waals surface area contributed by atoms with E-state index in [1.165, 1.54) is 5.57 Å². The molecule has 0 aliphatic rings. The van der Waals surface area contributed by atoms with Crippen molar-refractivity contribution in [3.63, 3.8) is 0 Å². The first-order valence-electron chi connectivity index (χ1n) is 4.73. The zero-order valence-corrected chi connectivity index (χ0v) is 9.36. The molecule has 0 spiro atoms. The van der Waals surface area contributed by atoms with Crippen LogP contribution in [0.4, 0.5) is 0 Å². The third kappa shape index (κ3) is 4.55. The molecule has 0 atom stereocenters. The molecule has 1 N–H and O–H groups in total. The van der Waals surface area contributed by atoms with Crippen LogP contribution in [0.2, 0.25) is 0 Å². The summed E-state index contributed by atoms with van der Waals surface area (Å²) in [5, 5.41) is 3.21. The zero-order chi connectivity index (χ0) is 9.78. The van der Waals surface area contributed by atoms with Crippen LogP contribution in [0.15, 0.2) is 11.6 Å². The third-order valence-corrected chi connectivity index (χ3v) is 1.87. The maximum Gasteiger partial charge on any atom is 0.0166 e. The first kappa shape index (κ1) is 11.7. The van der Waals surface area contributed by atoms with E-state index in [1.54, 1.807) is 0 Å². The fourth-order valence-electron chi connectivity index (χ4n) is 1.17. The van der Waals surface area contributed by atoms with Gasteiger partial charge in [-0.05, 0) is 18.4 Å². The molecule has 72 valence electrons. The lowest BCUT2D eigenvalue weighted by Gasteiger charge is -2.24. The van der Waals surface area contributed by atoms with Gasteiger partial charge in [0.2, 0.25) is 0 Å². The van der Waals surface area contributed by atoms with Crippen molar-refractivity contribution in [1.29, 1.82) is 0 Å². The lowest BCUT2D eigenvalue weighted by atomic mass is 9.84. The van der Waals surface area contributed by atoms with Crippen LogP contribution in [0, 0.1) is 11.3 Å². The van der Waals surface area contributed by atoms with Gasteiger partial charge in [-0.15, -0.1) is 0 Å². The van der Waals surface area contributed by atoms with E-state index in [0.717, 1.165) is 6.54 Å². The van der Waals surface area contributed by atoms with Gasteiger partial charge in [0.15, 0.2) is 0 Å². The Morgan fingerprint density at radius 3 is 2.08 bits per heavy atom. The average Bonchev–Trinajstić information content (AvgIpc) is 1.83. The molecule has 0 saturated carbocycles. The van der Waals surface area contributed by atoms with Crippen LogP contribution in [0.25, 0.3) is 0 Å². The molecule has 0 rings (SSSR count). The van der Waals surface area contributed by atoms with E-state index >= 15 is 0 Å². The Hall–Kier alpha value is -0.300. The molecule has 0 unspecified atom stereocenters. The number of hydrogen-bond acceptors (Lipinski definition) is 1. The Kier molecular flexibility index (Phi) is 4.54. The summed E-state index contributed by atoms with van der Waals surface area (Å²) in [5.74, 6) is 0.646. The summed E-state index contributed by atoms with van der Waals surface area (Å²) in [4.78, 5) is 0. The minimum atomic E-state index is 0.299.